The van der Waals surface area contributed by atoms with Crippen molar-refractivity contribution in [2.75, 3.05) is 0 Å². The van der Waals surface area contributed by atoms with Gasteiger partial charge in [-0.25, -0.2) is 0 Å². The van der Waals surface area contributed by atoms with Gasteiger partial charge < -0.3 is 35.7 Å². The minimum atomic E-state index is -0.0579. The maximum atomic E-state index is 10.0. The minimum Gasteiger partial charge on any atom is -0.393 e. The largest absolute Gasteiger partial charge is 0.393 e. The van der Waals surface area contributed by atoms with Gasteiger partial charge in [0.25, 0.3) is 0 Å². The van der Waals surface area contributed by atoms with Crippen LogP contribution in [-0.4, -0.2) is 78.5 Å². The van der Waals surface area contributed by atoms with Crippen LogP contribution in [0, 0.1) is 166 Å². The number of hydrogen-bond acceptors (Lipinski definition) is 7. The Hall–Kier alpha value is -0.280. The van der Waals surface area contributed by atoms with E-state index in [1.807, 2.05) is 0 Å². The van der Waals surface area contributed by atoms with Gasteiger partial charge in [-0.15, -0.1) is 0 Å². The lowest BCUT2D eigenvalue weighted by Gasteiger charge is -2.39. The van der Waals surface area contributed by atoms with E-state index in [2.05, 4.69) is 194 Å². The van der Waals surface area contributed by atoms with Crippen molar-refractivity contribution in [2.45, 2.75) is 371 Å². The molecule has 0 aromatic carbocycles. The van der Waals surface area contributed by atoms with Gasteiger partial charge in [-0.05, 0) is 301 Å². The smallest absolute Gasteiger partial charge is 0.0594 e. The Morgan fingerprint density at radius 2 is 0.670 bits per heavy atom. The van der Waals surface area contributed by atoms with Crippen LogP contribution in [0.4, 0.5) is 0 Å². The first kappa shape index (κ1) is 88.7. The molecule has 0 radical (unpaired) electrons. The van der Waals surface area contributed by atoms with Gasteiger partial charge in [0.1, 0.15) is 0 Å². The zero-order valence-corrected chi connectivity index (χ0v) is 66.2. The van der Waals surface area contributed by atoms with Crippen LogP contribution in [0.5, 0.6) is 0 Å². The molecular formula is C84H168O7. The Balaban J connectivity index is 0.000000531. The van der Waals surface area contributed by atoms with E-state index in [0.29, 0.717) is 59.2 Å². The minimum absolute atomic E-state index is 0.0325. The van der Waals surface area contributed by atoms with Gasteiger partial charge in [-0.3, -0.25) is 0 Å². The van der Waals surface area contributed by atoms with E-state index in [1.165, 1.54) is 96.3 Å². The molecule has 0 heterocycles. The Morgan fingerprint density at radius 3 is 1.20 bits per heavy atom. The molecular weight excluding hydrogens is 1120 g/mol. The zero-order valence-electron chi connectivity index (χ0n) is 66.2. The summed E-state index contributed by atoms with van der Waals surface area (Å²) in [6.45, 7) is 63.4. The van der Waals surface area contributed by atoms with Crippen LogP contribution in [0.1, 0.15) is 329 Å². The molecule has 7 N–H and O–H groups in total. The molecule has 7 heteroatoms. The molecule has 0 saturated heterocycles. The van der Waals surface area contributed by atoms with Gasteiger partial charge in [0, 0.05) is 0 Å². The van der Waals surface area contributed by atoms with E-state index in [0.717, 1.165) is 145 Å². The molecule has 28 unspecified atom stereocenters. The van der Waals surface area contributed by atoms with E-state index in [1.54, 1.807) is 0 Å². The van der Waals surface area contributed by atoms with Crippen molar-refractivity contribution in [2.24, 2.45) is 166 Å². The van der Waals surface area contributed by atoms with Crippen LogP contribution in [0.15, 0.2) is 0 Å². The van der Waals surface area contributed by atoms with E-state index < -0.39 is 0 Å². The third-order valence-electron chi connectivity index (χ3n) is 24.8. The average Bonchev–Trinajstić information content (AvgIpc) is 1.63. The quantitative estimate of drug-likeness (QED) is 0.0918. The van der Waals surface area contributed by atoms with Crippen LogP contribution in [0.2, 0.25) is 0 Å². The van der Waals surface area contributed by atoms with Gasteiger partial charge in [-0.1, -0.05) is 194 Å². The van der Waals surface area contributed by atoms with E-state index >= 15 is 0 Å². The maximum Gasteiger partial charge on any atom is 0.0594 e. The van der Waals surface area contributed by atoms with Gasteiger partial charge in [0.05, 0.1) is 42.7 Å². The van der Waals surface area contributed by atoms with E-state index in [9.17, 15) is 35.7 Å². The first-order valence-electron chi connectivity index (χ1n) is 39.8. The second kappa shape index (κ2) is 44.7. The molecule has 546 valence electrons. The van der Waals surface area contributed by atoms with Crippen molar-refractivity contribution in [1.29, 1.82) is 0 Å². The molecule has 28 atom stereocenters. The average molecular weight is 1290 g/mol. The molecule has 7 rings (SSSR count). The van der Waals surface area contributed by atoms with Gasteiger partial charge >= 0.3 is 0 Å². The highest BCUT2D eigenvalue weighted by Gasteiger charge is 2.38. The molecule has 0 aromatic heterocycles. The summed E-state index contributed by atoms with van der Waals surface area (Å²) in [7, 11) is 0. The molecule has 7 fully saturated rings. The molecule has 7 aliphatic rings. The van der Waals surface area contributed by atoms with Gasteiger partial charge in [-0.2, -0.15) is 0 Å². The Kier molecular flexibility index (Phi) is 43.6. The zero-order chi connectivity index (χ0) is 70.1. The standard InChI is InChI=1S/7C12H24O/c1-8(2)5-11-7-12(13)6-9(3)10(11)4;1-8(2)5-11-6-9(3)10(4)7-12(11)13;1-8(2)5-11-7-12(13)10(4)6-9(11)3;1-8(2)5-11-6-9(3)7-12(13)10(11)4;1-8(2)5-11-7-9(3)6-10(4)12(11)13;1-8(2)7-11-9(3)5-6-12(13)10(11)4;1-8(2)7-11-6-5-9(3)12(13)10(11)4/h7*8-13H,5-7H2,1-4H3. The summed E-state index contributed by atoms with van der Waals surface area (Å²) >= 11 is 0. The summed E-state index contributed by atoms with van der Waals surface area (Å²) in [6.07, 6.45) is 24.5. The second-order valence-electron chi connectivity index (χ2n) is 37.5. The number of hydrogen-bond donors (Lipinski definition) is 7. The van der Waals surface area contributed by atoms with Crippen molar-refractivity contribution in [3.05, 3.63) is 0 Å². The van der Waals surface area contributed by atoms with Gasteiger partial charge in [0.2, 0.25) is 0 Å². The third kappa shape index (κ3) is 34.4. The lowest BCUT2D eigenvalue weighted by atomic mass is 9.69. The summed E-state index contributed by atoms with van der Waals surface area (Å²) in [4.78, 5) is 0. The summed E-state index contributed by atoms with van der Waals surface area (Å²) in [5.41, 5.74) is 0. The van der Waals surface area contributed by atoms with Crippen LogP contribution in [0.25, 0.3) is 0 Å². The Bertz CT molecular complexity index is 1640. The molecule has 0 aromatic rings. The second-order valence-corrected chi connectivity index (χ2v) is 37.5. The monoisotopic (exact) mass is 1290 g/mol. The predicted molar refractivity (Wildman–Crippen MR) is 396 cm³/mol. The van der Waals surface area contributed by atoms with Crippen LogP contribution in [0.3, 0.4) is 0 Å². The van der Waals surface area contributed by atoms with Crippen molar-refractivity contribution >= 4 is 0 Å². The van der Waals surface area contributed by atoms with Crippen molar-refractivity contribution in [3.63, 3.8) is 0 Å². The molecule has 7 aliphatic carbocycles. The fourth-order valence-corrected chi connectivity index (χ4v) is 18.7. The summed E-state index contributed by atoms with van der Waals surface area (Å²) < 4.78 is 0. The highest BCUT2D eigenvalue weighted by molar-refractivity contribution is 4.89. The third-order valence-corrected chi connectivity index (χ3v) is 24.8. The normalized spacial score (nSPS) is 41.1. The predicted octanol–water partition coefficient (Wildman–Crippen LogP) is 21.5. The van der Waals surface area contributed by atoms with Gasteiger partial charge in [0.15, 0.2) is 0 Å². The molecule has 0 amide bonds. The molecule has 0 aliphatic heterocycles. The van der Waals surface area contributed by atoms with Crippen LogP contribution >= 0.6 is 0 Å². The number of aliphatic hydroxyl groups excluding tert-OH is 7. The highest BCUT2D eigenvalue weighted by Crippen LogP contribution is 2.43. The van der Waals surface area contributed by atoms with Crippen molar-refractivity contribution in [3.8, 4) is 0 Å². The van der Waals surface area contributed by atoms with E-state index in [-0.39, 0.29) is 42.7 Å². The molecule has 7 saturated carbocycles. The molecule has 91 heavy (non-hydrogen) atoms. The van der Waals surface area contributed by atoms with Crippen LogP contribution in [-0.2, 0) is 0 Å². The Labute approximate surface area is 570 Å². The Morgan fingerprint density at radius 1 is 0.231 bits per heavy atom. The fourth-order valence-electron chi connectivity index (χ4n) is 18.7. The SMILES string of the molecule is CC(C)CC1C(C)CCC(O)C1C.CC(C)CC1CC(C)C(C)CC1O.CC(C)CC1CC(C)CC(C)C1O.CC(C)CC1CC(C)CC(O)C1C.CC(C)CC1CC(O)C(C)CC1C.CC(C)CC1CC(O)CC(C)C1C.CC(C)CC1CCC(C)C(O)C1C. The van der Waals surface area contributed by atoms with Crippen molar-refractivity contribution < 1.29 is 35.7 Å². The number of rotatable bonds is 14. The highest BCUT2D eigenvalue weighted by atomic mass is 16.3. The van der Waals surface area contributed by atoms with Crippen LogP contribution < -0.4 is 0 Å². The van der Waals surface area contributed by atoms with E-state index in [4.69, 9.17) is 0 Å². The fraction of sp³-hybridized carbons (Fsp3) is 1.00. The lowest BCUT2D eigenvalue weighted by molar-refractivity contribution is -0.00470. The molecule has 0 spiro atoms. The summed E-state index contributed by atoms with van der Waals surface area (Å²) in [5.74, 6) is 19.3. The lowest BCUT2D eigenvalue weighted by Crippen LogP contribution is -2.36. The number of aliphatic hydroxyl groups is 7. The summed E-state index contributed by atoms with van der Waals surface area (Å²) in [5, 5.41) is 68.9. The maximum absolute atomic E-state index is 10.0. The summed E-state index contributed by atoms with van der Waals surface area (Å²) in [6, 6.07) is 0. The topological polar surface area (TPSA) is 142 Å². The molecule has 0 bridgehead atoms. The first-order valence-corrected chi connectivity index (χ1v) is 39.8. The van der Waals surface area contributed by atoms with Crippen molar-refractivity contribution in [1.82, 2.24) is 0 Å². The molecule has 7 nitrogen and oxygen atoms in total. The first-order chi connectivity index (χ1) is 42.1.